The number of piperidine rings is 1. The van der Waals surface area contributed by atoms with E-state index in [0.29, 0.717) is 43.9 Å². The number of benzene rings is 2. The van der Waals surface area contributed by atoms with Crippen LogP contribution in [0.1, 0.15) is 24.0 Å². The molecule has 0 unspecified atom stereocenters. The molecule has 1 saturated heterocycles. The van der Waals surface area contributed by atoms with Crippen LogP contribution in [0.5, 0.6) is 0 Å². The minimum absolute atomic E-state index is 0.0594. The fourth-order valence-electron chi connectivity index (χ4n) is 4.38. The maximum absolute atomic E-state index is 12.7. The van der Waals surface area contributed by atoms with Crippen molar-refractivity contribution < 1.29 is 13.2 Å². The Kier molecular flexibility index (Phi) is 5.72. The Balaban J connectivity index is 1.11. The van der Waals surface area contributed by atoms with Gasteiger partial charge < -0.3 is 10.2 Å². The van der Waals surface area contributed by atoms with Crippen molar-refractivity contribution in [2.45, 2.75) is 24.2 Å². The second-order valence-corrected chi connectivity index (χ2v) is 9.88. The Labute approximate surface area is 193 Å². The van der Waals surface area contributed by atoms with Crippen LogP contribution >= 0.6 is 0 Å². The van der Waals surface area contributed by atoms with Gasteiger partial charge in [-0.3, -0.25) is 4.79 Å². The minimum Gasteiger partial charge on any atom is -0.356 e. The first-order chi connectivity index (χ1) is 16.0. The topological polar surface area (TPSA) is 96.7 Å². The van der Waals surface area contributed by atoms with Crippen molar-refractivity contribution in [3.05, 3.63) is 78.1 Å². The predicted octanol–water partition coefficient (Wildman–Crippen LogP) is 2.39. The summed E-state index contributed by atoms with van der Waals surface area (Å²) in [7, 11) is -3.63. The normalized spacial score (nSPS) is 17.5. The molecule has 2 aliphatic heterocycles. The molecule has 1 aromatic heterocycles. The van der Waals surface area contributed by atoms with Gasteiger partial charge in [0.25, 0.3) is 10.0 Å². The van der Waals surface area contributed by atoms with E-state index in [1.165, 1.54) is 0 Å². The molecule has 33 heavy (non-hydrogen) atoms. The highest BCUT2D eigenvalue weighted by atomic mass is 32.2. The number of nitrogens with zero attached hydrogens (tertiary/aromatic N) is 4. The number of carbonyl (C=O) groups is 1. The van der Waals surface area contributed by atoms with Crippen LogP contribution in [0.25, 0.3) is 5.69 Å². The first-order valence-corrected chi connectivity index (χ1v) is 12.5. The zero-order valence-electron chi connectivity index (χ0n) is 18.1. The van der Waals surface area contributed by atoms with E-state index in [1.807, 2.05) is 40.0 Å². The lowest BCUT2D eigenvalue weighted by atomic mass is 9.95. The number of nitrogens with one attached hydrogen (secondary N) is 1. The van der Waals surface area contributed by atoms with Gasteiger partial charge in [0.05, 0.1) is 5.69 Å². The van der Waals surface area contributed by atoms with Gasteiger partial charge in [-0.05, 0) is 55.2 Å². The Bertz CT molecular complexity index is 1280. The van der Waals surface area contributed by atoms with Crippen LogP contribution in [-0.2, 0) is 21.2 Å². The van der Waals surface area contributed by atoms with E-state index in [4.69, 9.17) is 0 Å². The zero-order valence-corrected chi connectivity index (χ0v) is 18.9. The molecule has 5 rings (SSSR count). The van der Waals surface area contributed by atoms with Gasteiger partial charge in [-0.2, -0.15) is 13.5 Å². The molecule has 3 heterocycles. The number of sulfonamides is 1. The SMILES string of the molecule is O=C(NCCc1ccc(-n2cccn2)cc1)C1CCN(C2=NS(=O)(=O)c3ccccc32)CC1. The third kappa shape index (κ3) is 4.41. The molecule has 0 atom stereocenters. The molecule has 1 fully saturated rings. The van der Waals surface area contributed by atoms with Crippen LogP contribution in [-0.4, -0.2) is 54.5 Å². The number of likely N-dealkylation sites (tertiary alicyclic amines) is 1. The fraction of sp³-hybridized carbons (Fsp3) is 0.292. The standard InChI is InChI=1S/C24H25N5O3S/c30-24(25-14-10-18-6-8-20(9-7-18)29-15-3-13-26-29)19-11-16-28(17-12-19)23-21-4-1-2-5-22(21)33(31,32)27-23/h1-9,13,15,19H,10-12,14,16-17H2,(H,25,30). The van der Waals surface area contributed by atoms with Gasteiger partial charge >= 0.3 is 0 Å². The molecule has 2 aromatic carbocycles. The number of hydrogen-bond donors (Lipinski definition) is 1. The second kappa shape index (κ2) is 8.82. The molecule has 0 spiro atoms. The van der Waals surface area contributed by atoms with Crippen molar-refractivity contribution >= 4 is 21.8 Å². The van der Waals surface area contributed by atoms with E-state index < -0.39 is 10.0 Å². The predicted molar refractivity (Wildman–Crippen MR) is 125 cm³/mol. The van der Waals surface area contributed by atoms with E-state index in [1.54, 1.807) is 24.4 Å². The highest BCUT2D eigenvalue weighted by Gasteiger charge is 2.34. The van der Waals surface area contributed by atoms with Crippen LogP contribution in [0.15, 0.2) is 76.3 Å². The Morgan fingerprint density at radius 1 is 1.03 bits per heavy atom. The van der Waals surface area contributed by atoms with Gasteiger partial charge in [-0.1, -0.05) is 24.3 Å². The van der Waals surface area contributed by atoms with E-state index in [9.17, 15) is 13.2 Å². The van der Waals surface area contributed by atoms with Crippen LogP contribution in [0.3, 0.4) is 0 Å². The van der Waals surface area contributed by atoms with E-state index in [0.717, 1.165) is 17.7 Å². The zero-order chi connectivity index (χ0) is 22.8. The Hall–Kier alpha value is -3.46. The lowest BCUT2D eigenvalue weighted by Crippen LogP contribution is -2.43. The molecule has 0 radical (unpaired) electrons. The van der Waals surface area contributed by atoms with Crippen LogP contribution in [0.2, 0.25) is 0 Å². The van der Waals surface area contributed by atoms with Crippen LogP contribution in [0, 0.1) is 5.92 Å². The van der Waals surface area contributed by atoms with E-state index >= 15 is 0 Å². The van der Waals surface area contributed by atoms with Crippen molar-refractivity contribution in [3.8, 4) is 5.69 Å². The third-order valence-corrected chi connectivity index (χ3v) is 7.52. The smallest absolute Gasteiger partial charge is 0.285 e. The summed E-state index contributed by atoms with van der Waals surface area (Å²) in [5.41, 5.74) is 2.81. The summed E-state index contributed by atoms with van der Waals surface area (Å²) in [4.78, 5) is 14.9. The monoisotopic (exact) mass is 463 g/mol. The molecule has 170 valence electrons. The average Bonchev–Trinajstić information content (AvgIpc) is 3.47. The molecule has 2 aliphatic rings. The summed E-state index contributed by atoms with van der Waals surface area (Å²) in [6.45, 7) is 1.80. The van der Waals surface area contributed by atoms with Crippen molar-refractivity contribution in [1.82, 2.24) is 20.0 Å². The lowest BCUT2D eigenvalue weighted by molar-refractivity contribution is -0.126. The molecule has 9 heteroatoms. The lowest BCUT2D eigenvalue weighted by Gasteiger charge is -2.32. The number of carbonyl (C=O) groups excluding carboxylic acids is 1. The molecule has 0 bridgehead atoms. The summed E-state index contributed by atoms with van der Waals surface area (Å²) in [5, 5.41) is 7.28. The van der Waals surface area contributed by atoms with Gasteiger partial charge in [0.2, 0.25) is 5.91 Å². The molecule has 0 aliphatic carbocycles. The maximum Gasteiger partial charge on any atom is 0.285 e. The summed E-state index contributed by atoms with van der Waals surface area (Å²) in [6.07, 6.45) is 5.75. The van der Waals surface area contributed by atoms with Crippen molar-refractivity contribution in [2.24, 2.45) is 10.3 Å². The van der Waals surface area contributed by atoms with Gasteiger partial charge in [0.1, 0.15) is 4.90 Å². The first kappa shape index (κ1) is 21.4. The quantitative estimate of drug-likeness (QED) is 0.627. The van der Waals surface area contributed by atoms with Crippen molar-refractivity contribution in [2.75, 3.05) is 19.6 Å². The Morgan fingerprint density at radius 2 is 1.79 bits per heavy atom. The molecule has 0 saturated carbocycles. The maximum atomic E-state index is 12.7. The summed E-state index contributed by atoms with van der Waals surface area (Å²) in [5.74, 6) is 0.490. The molecular formula is C24H25N5O3S. The molecule has 1 N–H and O–H groups in total. The van der Waals surface area contributed by atoms with E-state index in [-0.39, 0.29) is 16.7 Å². The number of aromatic nitrogens is 2. The molecule has 1 amide bonds. The number of amidine groups is 1. The van der Waals surface area contributed by atoms with Crippen molar-refractivity contribution in [1.29, 1.82) is 0 Å². The number of rotatable bonds is 5. The average molecular weight is 464 g/mol. The largest absolute Gasteiger partial charge is 0.356 e. The fourth-order valence-corrected chi connectivity index (χ4v) is 5.61. The van der Waals surface area contributed by atoms with Gasteiger partial charge in [-0.25, -0.2) is 4.68 Å². The summed E-state index contributed by atoms with van der Waals surface area (Å²) >= 11 is 0. The number of hydrogen-bond acceptors (Lipinski definition) is 5. The molecular weight excluding hydrogens is 438 g/mol. The molecule has 3 aromatic rings. The van der Waals surface area contributed by atoms with Crippen LogP contribution < -0.4 is 5.32 Å². The number of amides is 1. The van der Waals surface area contributed by atoms with Gasteiger partial charge in [0, 0.05) is 43.5 Å². The molecule has 8 nitrogen and oxygen atoms in total. The number of fused-ring (bicyclic) bond motifs is 1. The highest BCUT2D eigenvalue weighted by Crippen LogP contribution is 2.29. The van der Waals surface area contributed by atoms with E-state index in [2.05, 4.69) is 26.9 Å². The van der Waals surface area contributed by atoms with Gasteiger partial charge in [0.15, 0.2) is 5.84 Å². The first-order valence-electron chi connectivity index (χ1n) is 11.1. The summed E-state index contributed by atoms with van der Waals surface area (Å²) in [6, 6.07) is 16.9. The Morgan fingerprint density at radius 3 is 2.52 bits per heavy atom. The second-order valence-electron chi connectivity index (χ2n) is 8.31. The third-order valence-electron chi connectivity index (χ3n) is 6.20. The van der Waals surface area contributed by atoms with Crippen LogP contribution in [0.4, 0.5) is 0 Å². The van der Waals surface area contributed by atoms with Crippen molar-refractivity contribution in [3.63, 3.8) is 0 Å². The summed E-state index contributed by atoms with van der Waals surface area (Å²) < 4.78 is 30.4. The highest BCUT2D eigenvalue weighted by molar-refractivity contribution is 7.90. The van der Waals surface area contributed by atoms with Gasteiger partial charge in [-0.15, -0.1) is 4.40 Å². The minimum atomic E-state index is -3.63.